The number of hydrogen-bond donors (Lipinski definition) is 3. The quantitative estimate of drug-likeness (QED) is 0.0222. The highest BCUT2D eigenvalue weighted by Gasteiger charge is 2.30. The largest absolute Gasteiger partial charge is 0.472 e. The fourth-order valence-electron chi connectivity index (χ4n) is 12.3. The molecule has 0 bridgehead atoms. The minimum Gasteiger partial charge on any atom is -0.462 e. The van der Waals surface area contributed by atoms with Crippen LogP contribution in [0.2, 0.25) is 0 Å². The number of phosphoric acid groups is 2. The Kier molecular flexibility index (Phi) is 71.9. The lowest BCUT2D eigenvalue weighted by Gasteiger charge is -2.21. The number of phosphoric ester groups is 2. The highest BCUT2D eigenvalue weighted by molar-refractivity contribution is 7.47. The summed E-state index contributed by atoms with van der Waals surface area (Å²) in [5.41, 5.74) is 0. The van der Waals surface area contributed by atoms with Gasteiger partial charge < -0.3 is 33.8 Å². The predicted octanol–water partition coefficient (Wildman–Crippen LogP) is 23.8. The van der Waals surface area contributed by atoms with Gasteiger partial charge in [0, 0.05) is 25.7 Å². The van der Waals surface area contributed by atoms with Crippen molar-refractivity contribution >= 4 is 39.5 Å². The van der Waals surface area contributed by atoms with E-state index in [0.29, 0.717) is 25.7 Å². The molecule has 0 heterocycles. The predicted molar refractivity (Wildman–Crippen MR) is 400 cm³/mol. The van der Waals surface area contributed by atoms with Crippen LogP contribution in [-0.4, -0.2) is 96.7 Å². The first-order valence-electron chi connectivity index (χ1n) is 41.3. The Bertz CT molecular complexity index is 1860. The zero-order chi connectivity index (χ0) is 71.8. The smallest absolute Gasteiger partial charge is 0.462 e. The van der Waals surface area contributed by atoms with Crippen molar-refractivity contribution < 1.29 is 80.2 Å². The molecule has 0 fully saturated rings. The maximum absolute atomic E-state index is 13.1. The molecule has 0 aromatic heterocycles. The third-order valence-electron chi connectivity index (χ3n) is 18.6. The second-order valence-electron chi connectivity index (χ2n) is 28.5. The molecule has 17 nitrogen and oxygen atoms in total. The normalized spacial score (nSPS) is 13.8. The van der Waals surface area contributed by atoms with Gasteiger partial charge in [0.15, 0.2) is 12.2 Å². The van der Waals surface area contributed by atoms with Crippen LogP contribution in [0, 0.1) is 0 Å². The molecule has 0 saturated heterocycles. The number of carbonyl (C=O) groups excluding carboxylic acids is 4. The van der Waals surface area contributed by atoms with Crippen LogP contribution in [0.25, 0.3) is 0 Å². The number of hydrogen-bond acceptors (Lipinski definition) is 15. The first kappa shape index (κ1) is 96.1. The van der Waals surface area contributed by atoms with Crippen molar-refractivity contribution in [2.24, 2.45) is 0 Å². The first-order chi connectivity index (χ1) is 47.7. The topological polar surface area (TPSA) is 237 Å². The highest BCUT2D eigenvalue weighted by Crippen LogP contribution is 2.45. The van der Waals surface area contributed by atoms with Crippen molar-refractivity contribution in [2.45, 2.75) is 444 Å². The van der Waals surface area contributed by atoms with Gasteiger partial charge in [-0.1, -0.05) is 374 Å². The Morgan fingerprint density at radius 2 is 0.408 bits per heavy atom. The van der Waals surface area contributed by atoms with Gasteiger partial charge in [0.2, 0.25) is 0 Å². The average Bonchev–Trinajstić information content (AvgIpc) is 0.989. The molecule has 0 aliphatic heterocycles. The number of esters is 4. The molecule has 0 aromatic rings. The second-order valence-corrected chi connectivity index (χ2v) is 31.4. The third kappa shape index (κ3) is 72.4. The van der Waals surface area contributed by atoms with E-state index in [9.17, 15) is 43.2 Å². The van der Waals surface area contributed by atoms with Gasteiger partial charge in [-0.25, -0.2) is 9.13 Å². The van der Waals surface area contributed by atoms with Crippen LogP contribution in [0.3, 0.4) is 0 Å². The van der Waals surface area contributed by atoms with E-state index in [-0.39, 0.29) is 25.7 Å². The van der Waals surface area contributed by atoms with Crippen molar-refractivity contribution in [1.82, 2.24) is 0 Å². The summed E-state index contributed by atoms with van der Waals surface area (Å²) >= 11 is 0. The van der Waals surface area contributed by atoms with Gasteiger partial charge in [0.05, 0.1) is 26.4 Å². The van der Waals surface area contributed by atoms with Gasteiger partial charge in [-0.3, -0.25) is 37.3 Å². The molecule has 0 aliphatic rings. The Morgan fingerprint density at radius 1 is 0.245 bits per heavy atom. The summed E-state index contributed by atoms with van der Waals surface area (Å²) in [4.78, 5) is 72.9. The molecule has 0 spiro atoms. The zero-order valence-corrected chi connectivity index (χ0v) is 65.6. The van der Waals surface area contributed by atoms with Gasteiger partial charge in [0.25, 0.3) is 0 Å². The van der Waals surface area contributed by atoms with Crippen LogP contribution < -0.4 is 0 Å². The molecular formula is C79H154O17P2. The summed E-state index contributed by atoms with van der Waals surface area (Å²) in [6.45, 7) is 5.01. The van der Waals surface area contributed by atoms with Crippen LogP contribution in [0.5, 0.6) is 0 Å². The Balaban J connectivity index is 5.22. The monoisotopic (exact) mass is 1440 g/mol. The number of aliphatic hydroxyl groups excluding tert-OH is 1. The third-order valence-corrected chi connectivity index (χ3v) is 20.5. The van der Waals surface area contributed by atoms with E-state index in [4.69, 9.17) is 37.0 Å². The first-order valence-corrected chi connectivity index (χ1v) is 44.3. The lowest BCUT2D eigenvalue weighted by molar-refractivity contribution is -0.161. The molecule has 0 amide bonds. The summed E-state index contributed by atoms with van der Waals surface area (Å²) in [7, 11) is -9.91. The van der Waals surface area contributed by atoms with Gasteiger partial charge in [-0.15, -0.1) is 0 Å². The maximum atomic E-state index is 13.1. The summed E-state index contributed by atoms with van der Waals surface area (Å²) in [5, 5.41) is 10.6. The Labute approximate surface area is 600 Å². The van der Waals surface area contributed by atoms with Gasteiger partial charge in [0.1, 0.15) is 19.3 Å². The minimum atomic E-state index is -4.96. The Hall–Kier alpha value is -1.94. The van der Waals surface area contributed by atoms with E-state index < -0.39 is 97.5 Å². The van der Waals surface area contributed by atoms with Crippen molar-refractivity contribution in [3.63, 3.8) is 0 Å². The van der Waals surface area contributed by atoms with Crippen molar-refractivity contribution in [3.05, 3.63) is 0 Å². The number of ether oxygens (including phenoxy) is 4. The standard InChI is InChI=1S/C79H154O17P2/c1-5-9-13-17-21-25-29-32-34-35-36-37-38-39-42-46-50-54-58-62-66-79(84)96-75(70-90-77(82)64-60-56-52-48-44-41-33-30-26-22-18-14-10-6-2)72-94-98(87,88)92-68-73(80)67-91-97(85,86)93-71-74(69-89-76(81)63-59-55-51-47-43-28-24-20-16-12-8-4)95-78(83)65-61-57-53-49-45-40-31-27-23-19-15-11-7-3/h73-75,80H,5-72H2,1-4H3,(H,85,86)(H,87,88)/t73-,74+,75+/m0/s1. The number of aliphatic hydroxyl groups is 1. The fourth-order valence-corrected chi connectivity index (χ4v) is 13.9. The van der Waals surface area contributed by atoms with Gasteiger partial charge >= 0.3 is 39.5 Å². The van der Waals surface area contributed by atoms with Crippen LogP contribution in [-0.2, 0) is 65.4 Å². The molecule has 98 heavy (non-hydrogen) atoms. The summed E-state index contributed by atoms with van der Waals surface area (Å²) in [6.07, 6.45) is 65.1. The van der Waals surface area contributed by atoms with E-state index in [1.165, 1.54) is 257 Å². The number of unbranched alkanes of at least 4 members (excludes halogenated alkanes) is 54. The molecule has 0 radical (unpaired) electrons. The molecule has 2 unspecified atom stereocenters. The Morgan fingerprint density at radius 3 is 0.602 bits per heavy atom. The molecule has 0 aromatic carbocycles. The minimum absolute atomic E-state index is 0.109. The zero-order valence-electron chi connectivity index (χ0n) is 63.8. The SMILES string of the molecule is CCCCCCCCCCCCCCCCCCCCCCC(=O)O[C@H](COC(=O)CCCCCCCCCCCCCCCC)COP(=O)(O)OC[C@@H](O)COP(=O)(O)OC[C@@H](COC(=O)CCCCCCCCCCCCC)OC(=O)CCCCCCCCCCCCCCC. The summed E-state index contributed by atoms with van der Waals surface area (Å²) in [5.74, 6) is -2.11. The van der Waals surface area contributed by atoms with Crippen LogP contribution in [0.4, 0.5) is 0 Å². The fraction of sp³-hybridized carbons (Fsp3) is 0.949. The summed E-state index contributed by atoms with van der Waals surface area (Å²) in [6, 6.07) is 0. The van der Waals surface area contributed by atoms with Crippen molar-refractivity contribution in [2.75, 3.05) is 39.6 Å². The molecular weight excluding hydrogens is 1280 g/mol. The maximum Gasteiger partial charge on any atom is 0.472 e. The van der Waals surface area contributed by atoms with Crippen LogP contribution >= 0.6 is 15.6 Å². The highest BCUT2D eigenvalue weighted by atomic mass is 31.2. The average molecular weight is 1440 g/mol. The lowest BCUT2D eigenvalue weighted by Crippen LogP contribution is -2.30. The lowest BCUT2D eigenvalue weighted by atomic mass is 10.0. The van der Waals surface area contributed by atoms with Crippen LogP contribution in [0.1, 0.15) is 426 Å². The molecule has 5 atom stereocenters. The molecule has 0 saturated carbocycles. The number of carbonyl (C=O) groups is 4. The molecule has 582 valence electrons. The van der Waals surface area contributed by atoms with Gasteiger partial charge in [-0.05, 0) is 25.7 Å². The van der Waals surface area contributed by atoms with Gasteiger partial charge in [-0.2, -0.15) is 0 Å². The number of rotatable bonds is 80. The van der Waals surface area contributed by atoms with Crippen molar-refractivity contribution in [1.29, 1.82) is 0 Å². The van der Waals surface area contributed by atoms with E-state index >= 15 is 0 Å². The van der Waals surface area contributed by atoms with Crippen molar-refractivity contribution in [3.8, 4) is 0 Å². The molecule has 19 heteroatoms. The van der Waals surface area contributed by atoms with E-state index in [0.717, 1.165) is 89.9 Å². The van der Waals surface area contributed by atoms with Crippen LogP contribution in [0.15, 0.2) is 0 Å². The second kappa shape index (κ2) is 73.4. The molecule has 0 aliphatic carbocycles. The molecule has 3 N–H and O–H groups in total. The van der Waals surface area contributed by atoms with E-state index in [1.54, 1.807) is 0 Å². The van der Waals surface area contributed by atoms with E-state index in [2.05, 4.69) is 27.7 Å². The molecule has 0 rings (SSSR count). The summed E-state index contributed by atoms with van der Waals surface area (Å²) < 4.78 is 68.6. The van der Waals surface area contributed by atoms with E-state index in [1.807, 2.05) is 0 Å².